The van der Waals surface area contributed by atoms with E-state index >= 15 is 0 Å². The first-order valence-corrected chi connectivity index (χ1v) is 11.5. The van der Waals surface area contributed by atoms with Crippen LogP contribution < -0.4 is 10.6 Å². The van der Waals surface area contributed by atoms with E-state index in [4.69, 9.17) is 11.6 Å². The number of carbonyl (C=O) groups excluding carboxylic acids is 2. The van der Waals surface area contributed by atoms with Crippen molar-refractivity contribution in [2.24, 2.45) is 0 Å². The molecular formula is C22H17ClN4O2S2. The Kier molecular flexibility index (Phi) is 6.81. The number of hydrogen-bond acceptors (Lipinski definition) is 6. The number of thioether (sulfide) groups is 1. The van der Waals surface area contributed by atoms with Crippen molar-refractivity contribution in [3.8, 4) is 0 Å². The second-order valence-electron chi connectivity index (χ2n) is 6.58. The van der Waals surface area contributed by atoms with Crippen molar-refractivity contribution in [2.75, 3.05) is 16.4 Å². The summed E-state index contributed by atoms with van der Waals surface area (Å²) in [6.45, 7) is 0. The standard InChI is InChI=1S/C22H17ClN4O2S2/c23-16-8-10-17(11-9-16)24-20(29)13-30-22-27-26-21(31-22)25-19(28)12-15-6-3-5-14-4-1-2-7-18(14)15/h1-11H,12-13H2,(H,24,29)(H,25,26,28). The highest BCUT2D eigenvalue weighted by atomic mass is 35.5. The van der Waals surface area contributed by atoms with E-state index < -0.39 is 0 Å². The predicted octanol–water partition coefficient (Wildman–Crippen LogP) is 5.26. The van der Waals surface area contributed by atoms with Crippen molar-refractivity contribution < 1.29 is 9.59 Å². The molecule has 3 aromatic carbocycles. The number of rotatable bonds is 7. The van der Waals surface area contributed by atoms with Gasteiger partial charge in [-0.1, -0.05) is 77.2 Å². The van der Waals surface area contributed by atoms with Gasteiger partial charge >= 0.3 is 0 Å². The molecule has 0 radical (unpaired) electrons. The molecule has 0 bridgehead atoms. The number of hydrogen-bond donors (Lipinski definition) is 2. The quantitative estimate of drug-likeness (QED) is 0.285. The smallest absolute Gasteiger partial charge is 0.234 e. The van der Waals surface area contributed by atoms with Gasteiger partial charge in [0.15, 0.2) is 4.34 Å². The molecule has 6 nitrogen and oxygen atoms in total. The average Bonchev–Trinajstić information content (AvgIpc) is 3.21. The molecule has 0 saturated heterocycles. The Balaban J connectivity index is 1.29. The lowest BCUT2D eigenvalue weighted by molar-refractivity contribution is -0.115. The van der Waals surface area contributed by atoms with Crippen LogP contribution in [0.1, 0.15) is 5.56 Å². The Labute approximate surface area is 192 Å². The minimum Gasteiger partial charge on any atom is -0.325 e. The Morgan fingerprint density at radius 1 is 0.903 bits per heavy atom. The van der Waals surface area contributed by atoms with Crippen LogP contribution in [0.15, 0.2) is 71.1 Å². The molecule has 0 aliphatic heterocycles. The number of aromatic nitrogens is 2. The van der Waals surface area contributed by atoms with Gasteiger partial charge in [-0.15, -0.1) is 10.2 Å². The van der Waals surface area contributed by atoms with Crippen LogP contribution in [-0.2, 0) is 16.0 Å². The second kappa shape index (κ2) is 9.91. The number of anilines is 2. The zero-order valence-electron chi connectivity index (χ0n) is 16.2. The zero-order valence-corrected chi connectivity index (χ0v) is 18.6. The number of carbonyl (C=O) groups is 2. The third-order valence-corrected chi connectivity index (χ3v) is 6.56. The number of amides is 2. The fourth-order valence-electron chi connectivity index (χ4n) is 2.96. The van der Waals surface area contributed by atoms with Crippen LogP contribution in [0.3, 0.4) is 0 Å². The van der Waals surface area contributed by atoms with Crippen molar-refractivity contribution in [1.82, 2.24) is 10.2 Å². The molecule has 0 spiro atoms. The summed E-state index contributed by atoms with van der Waals surface area (Å²) in [5.41, 5.74) is 1.63. The Hall–Kier alpha value is -2.94. The first-order chi connectivity index (χ1) is 15.1. The Morgan fingerprint density at radius 2 is 1.68 bits per heavy atom. The predicted molar refractivity (Wildman–Crippen MR) is 127 cm³/mol. The molecule has 9 heteroatoms. The molecule has 0 atom stereocenters. The Morgan fingerprint density at radius 3 is 2.52 bits per heavy atom. The van der Waals surface area contributed by atoms with Crippen LogP contribution in [0.5, 0.6) is 0 Å². The highest BCUT2D eigenvalue weighted by Gasteiger charge is 2.12. The molecule has 2 amide bonds. The third kappa shape index (κ3) is 5.81. The maximum atomic E-state index is 12.5. The summed E-state index contributed by atoms with van der Waals surface area (Å²) >= 11 is 8.34. The van der Waals surface area contributed by atoms with Gasteiger partial charge in [0, 0.05) is 10.7 Å². The average molecular weight is 469 g/mol. The van der Waals surface area contributed by atoms with E-state index in [0.717, 1.165) is 16.3 Å². The molecule has 4 aromatic rings. The van der Waals surface area contributed by atoms with E-state index in [2.05, 4.69) is 20.8 Å². The molecule has 2 N–H and O–H groups in total. The number of halogens is 1. The lowest BCUT2D eigenvalue weighted by Gasteiger charge is -2.06. The molecule has 0 aliphatic rings. The van der Waals surface area contributed by atoms with Crippen molar-refractivity contribution in [2.45, 2.75) is 10.8 Å². The van der Waals surface area contributed by atoms with Gasteiger partial charge in [0.1, 0.15) is 0 Å². The summed E-state index contributed by atoms with van der Waals surface area (Å²) in [7, 11) is 0. The van der Waals surface area contributed by atoms with Crippen molar-refractivity contribution >= 4 is 68.1 Å². The van der Waals surface area contributed by atoms with Crippen LogP contribution >= 0.6 is 34.7 Å². The van der Waals surface area contributed by atoms with E-state index in [1.807, 2.05) is 42.5 Å². The van der Waals surface area contributed by atoms with E-state index in [1.165, 1.54) is 23.1 Å². The van der Waals surface area contributed by atoms with Gasteiger partial charge in [0.05, 0.1) is 12.2 Å². The molecule has 0 saturated carbocycles. The molecule has 0 aliphatic carbocycles. The van der Waals surface area contributed by atoms with E-state index in [9.17, 15) is 9.59 Å². The molecule has 156 valence electrons. The highest BCUT2D eigenvalue weighted by Crippen LogP contribution is 2.26. The summed E-state index contributed by atoms with van der Waals surface area (Å²) in [5, 5.41) is 16.8. The number of nitrogens with one attached hydrogen (secondary N) is 2. The van der Waals surface area contributed by atoms with Crippen LogP contribution in [0, 0.1) is 0 Å². The van der Waals surface area contributed by atoms with Gasteiger partial charge in [-0.2, -0.15) is 0 Å². The second-order valence-corrected chi connectivity index (χ2v) is 9.22. The lowest BCUT2D eigenvalue weighted by Crippen LogP contribution is -2.14. The highest BCUT2D eigenvalue weighted by molar-refractivity contribution is 8.01. The molecular weight excluding hydrogens is 452 g/mol. The van der Waals surface area contributed by atoms with Crippen LogP contribution in [0.4, 0.5) is 10.8 Å². The van der Waals surface area contributed by atoms with E-state index in [-0.39, 0.29) is 24.0 Å². The zero-order chi connectivity index (χ0) is 21.6. The van der Waals surface area contributed by atoms with Crippen molar-refractivity contribution in [1.29, 1.82) is 0 Å². The van der Waals surface area contributed by atoms with Gasteiger partial charge in [-0.3, -0.25) is 9.59 Å². The third-order valence-electron chi connectivity index (χ3n) is 4.34. The molecule has 0 unspecified atom stereocenters. The molecule has 0 fully saturated rings. The Bertz CT molecular complexity index is 1220. The maximum Gasteiger partial charge on any atom is 0.234 e. The van der Waals surface area contributed by atoms with Gasteiger partial charge in [-0.25, -0.2) is 0 Å². The maximum absolute atomic E-state index is 12.5. The summed E-state index contributed by atoms with van der Waals surface area (Å²) in [5.74, 6) is -0.144. The summed E-state index contributed by atoms with van der Waals surface area (Å²) in [6.07, 6.45) is 0.243. The summed E-state index contributed by atoms with van der Waals surface area (Å²) in [6, 6.07) is 20.8. The van der Waals surface area contributed by atoms with Gasteiger partial charge < -0.3 is 10.6 Å². The largest absolute Gasteiger partial charge is 0.325 e. The topological polar surface area (TPSA) is 84.0 Å². The van der Waals surface area contributed by atoms with Crippen LogP contribution in [0.25, 0.3) is 10.8 Å². The van der Waals surface area contributed by atoms with Gasteiger partial charge in [0.2, 0.25) is 16.9 Å². The van der Waals surface area contributed by atoms with E-state index in [1.54, 1.807) is 24.3 Å². The van der Waals surface area contributed by atoms with Crippen molar-refractivity contribution in [3.05, 3.63) is 77.3 Å². The SMILES string of the molecule is O=C(CSc1nnc(NC(=O)Cc2cccc3ccccc23)s1)Nc1ccc(Cl)cc1. The fraction of sp³-hybridized carbons (Fsp3) is 0.0909. The first kappa shape index (κ1) is 21.3. The molecule has 4 rings (SSSR count). The summed E-state index contributed by atoms with van der Waals surface area (Å²) < 4.78 is 0.603. The minimum absolute atomic E-state index is 0.162. The van der Waals surface area contributed by atoms with E-state index in [0.29, 0.717) is 20.2 Å². The number of fused-ring (bicyclic) bond motifs is 1. The van der Waals surface area contributed by atoms with Crippen LogP contribution in [-0.4, -0.2) is 27.8 Å². The van der Waals surface area contributed by atoms with Gasteiger partial charge in [0.25, 0.3) is 0 Å². The molecule has 31 heavy (non-hydrogen) atoms. The van der Waals surface area contributed by atoms with Crippen molar-refractivity contribution in [3.63, 3.8) is 0 Å². The summed E-state index contributed by atoms with van der Waals surface area (Å²) in [4.78, 5) is 24.6. The van der Waals surface area contributed by atoms with Crippen LogP contribution in [0.2, 0.25) is 5.02 Å². The molecule has 1 heterocycles. The number of nitrogens with zero attached hydrogens (tertiary/aromatic N) is 2. The number of benzene rings is 3. The molecule has 1 aromatic heterocycles. The lowest BCUT2D eigenvalue weighted by atomic mass is 10.0. The van der Waals surface area contributed by atoms with Gasteiger partial charge in [-0.05, 0) is 40.6 Å². The monoisotopic (exact) mass is 468 g/mol. The normalized spacial score (nSPS) is 10.7. The fourth-order valence-corrected chi connectivity index (χ4v) is 4.65. The minimum atomic E-state index is -0.163. The first-order valence-electron chi connectivity index (χ1n) is 9.35.